The van der Waals surface area contributed by atoms with Gasteiger partial charge in [-0.05, 0) is 34.9 Å². The molecule has 4 rings (SSSR count). The number of hydrogen-bond donors (Lipinski definition) is 3. The molecule has 4 aromatic rings. The highest BCUT2D eigenvalue weighted by atomic mass is 16.5. The second-order valence-corrected chi connectivity index (χ2v) is 6.65. The van der Waals surface area contributed by atoms with E-state index in [0.29, 0.717) is 5.84 Å². The number of fused-ring (bicyclic) bond motifs is 1. The van der Waals surface area contributed by atoms with Crippen molar-refractivity contribution in [2.24, 2.45) is 16.7 Å². The molecule has 0 fully saturated rings. The summed E-state index contributed by atoms with van der Waals surface area (Å²) in [5, 5.41) is 4.78. The maximum atomic E-state index is 5.88. The number of nitrogens with zero attached hydrogens (tertiary/aromatic N) is 1. The average molecular weight is 370 g/mol. The van der Waals surface area contributed by atoms with Gasteiger partial charge in [-0.25, -0.2) is 0 Å². The highest BCUT2D eigenvalue weighted by Gasteiger charge is 2.15. The van der Waals surface area contributed by atoms with Crippen LogP contribution in [0.25, 0.3) is 22.2 Å². The highest BCUT2D eigenvalue weighted by molar-refractivity contribution is 5.97. The Morgan fingerprint density at radius 3 is 2.57 bits per heavy atom. The molecule has 0 aliphatic carbocycles. The zero-order chi connectivity index (χ0) is 19.5. The maximum absolute atomic E-state index is 5.88. The molecule has 3 aromatic carbocycles. The number of methoxy groups -OCH3 is 1. The third-order valence-electron chi connectivity index (χ3n) is 4.92. The standard InChI is InChI=1S/C23H22N4O/c1-28-18-10-11-19-20(13-15-6-5-9-17(12-15)23(24)27-25)22(26-21(19)14-18)16-7-3-2-4-8-16/h2-12,14,26H,13,25H2,1H3,(H2,24,27). The minimum Gasteiger partial charge on any atom is -0.497 e. The van der Waals surface area contributed by atoms with Gasteiger partial charge in [0.25, 0.3) is 0 Å². The van der Waals surface area contributed by atoms with Gasteiger partial charge in [-0.2, -0.15) is 5.10 Å². The number of benzene rings is 3. The van der Waals surface area contributed by atoms with Gasteiger partial charge in [0.15, 0.2) is 0 Å². The maximum Gasteiger partial charge on any atom is 0.150 e. The Labute approximate surface area is 163 Å². The van der Waals surface area contributed by atoms with Crippen LogP contribution in [0.5, 0.6) is 5.75 Å². The number of rotatable bonds is 5. The highest BCUT2D eigenvalue weighted by Crippen LogP contribution is 2.34. The number of ether oxygens (including phenoxy) is 1. The molecular formula is C23H22N4O. The first-order chi connectivity index (χ1) is 13.7. The molecule has 140 valence electrons. The van der Waals surface area contributed by atoms with Gasteiger partial charge < -0.3 is 21.3 Å². The zero-order valence-electron chi connectivity index (χ0n) is 15.6. The average Bonchev–Trinajstić information content (AvgIpc) is 3.11. The number of hydrazone groups is 1. The van der Waals surface area contributed by atoms with Crippen molar-refractivity contribution in [2.75, 3.05) is 7.11 Å². The van der Waals surface area contributed by atoms with Crippen LogP contribution in [0.3, 0.4) is 0 Å². The Bertz CT molecular complexity index is 1150. The first-order valence-electron chi connectivity index (χ1n) is 9.06. The molecule has 0 spiro atoms. The number of aromatic amines is 1. The van der Waals surface area contributed by atoms with Crippen molar-refractivity contribution in [3.05, 3.63) is 89.5 Å². The zero-order valence-corrected chi connectivity index (χ0v) is 15.6. The topological polar surface area (TPSA) is 89.4 Å². The summed E-state index contributed by atoms with van der Waals surface area (Å²) in [7, 11) is 1.68. The normalized spacial score (nSPS) is 11.7. The summed E-state index contributed by atoms with van der Waals surface area (Å²) in [5.41, 5.74) is 12.4. The van der Waals surface area contributed by atoms with E-state index in [1.54, 1.807) is 7.11 Å². The summed E-state index contributed by atoms with van der Waals surface area (Å²) in [6.45, 7) is 0. The number of amidine groups is 1. The molecule has 5 nitrogen and oxygen atoms in total. The lowest BCUT2D eigenvalue weighted by Crippen LogP contribution is -2.15. The number of aromatic nitrogens is 1. The molecule has 5 N–H and O–H groups in total. The van der Waals surface area contributed by atoms with Crippen LogP contribution in [0, 0.1) is 0 Å². The number of nitrogens with one attached hydrogen (secondary N) is 1. The second-order valence-electron chi connectivity index (χ2n) is 6.65. The van der Waals surface area contributed by atoms with Crippen LogP contribution in [0.15, 0.2) is 77.9 Å². The summed E-state index contributed by atoms with van der Waals surface area (Å²) in [6.07, 6.45) is 0.752. The Kier molecular flexibility index (Phi) is 4.72. The lowest BCUT2D eigenvalue weighted by atomic mass is 9.97. The third kappa shape index (κ3) is 3.30. The fourth-order valence-corrected chi connectivity index (χ4v) is 3.52. The van der Waals surface area contributed by atoms with Crippen molar-refractivity contribution in [2.45, 2.75) is 6.42 Å². The van der Waals surface area contributed by atoms with Crippen LogP contribution in [0.2, 0.25) is 0 Å². The van der Waals surface area contributed by atoms with E-state index >= 15 is 0 Å². The Balaban J connectivity index is 1.85. The van der Waals surface area contributed by atoms with E-state index in [2.05, 4.69) is 34.4 Å². The monoisotopic (exact) mass is 370 g/mol. The van der Waals surface area contributed by atoms with E-state index in [1.807, 2.05) is 48.5 Å². The van der Waals surface area contributed by atoms with Crippen LogP contribution >= 0.6 is 0 Å². The molecule has 28 heavy (non-hydrogen) atoms. The largest absolute Gasteiger partial charge is 0.497 e. The molecule has 1 heterocycles. The fourth-order valence-electron chi connectivity index (χ4n) is 3.52. The van der Waals surface area contributed by atoms with Crippen LogP contribution in [-0.4, -0.2) is 17.9 Å². The second kappa shape index (κ2) is 7.48. The quantitative estimate of drug-likeness (QED) is 0.215. The molecule has 0 radical (unpaired) electrons. The minimum absolute atomic E-state index is 0.328. The van der Waals surface area contributed by atoms with Gasteiger partial charge in [-0.15, -0.1) is 0 Å². The van der Waals surface area contributed by atoms with Gasteiger partial charge in [-0.3, -0.25) is 0 Å². The van der Waals surface area contributed by atoms with Crippen molar-refractivity contribution >= 4 is 16.7 Å². The fraction of sp³-hybridized carbons (Fsp3) is 0.0870. The minimum atomic E-state index is 0.328. The molecule has 0 amide bonds. The Hall–Kier alpha value is -3.73. The van der Waals surface area contributed by atoms with Gasteiger partial charge in [0.2, 0.25) is 0 Å². The van der Waals surface area contributed by atoms with Crippen molar-refractivity contribution in [3.63, 3.8) is 0 Å². The summed E-state index contributed by atoms with van der Waals surface area (Å²) in [5.74, 6) is 6.49. The number of H-pyrrole nitrogens is 1. The van der Waals surface area contributed by atoms with Crippen molar-refractivity contribution < 1.29 is 4.74 Å². The number of hydrogen-bond acceptors (Lipinski definition) is 3. The van der Waals surface area contributed by atoms with Crippen LogP contribution in [0.1, 0.15) is 16.7 Å². The number of nitrogens with two attached hydrogens (primary N) is 2. The van der Waals surface area contributed by atoms with Gasteiger partial charge in [-0.1, -0.05) is 48.5 Å². The molecule has 0 atom stereocenters. The lowest BCUT2D eigenvalue weighted by Gasteiger charge is -2.08. The lowest BCUT2D eigenvalue weighted by molar-refractivity contribution is 0.415. The summed E-state index contributed by atoms with van der Waals surface area (Å²) in [6, 6.07) is 24.5. The van der Waals surface area contributed by atoms with Crippen molar-refractivity contribution in [3.8, 4) is 17.0 Å². The first kappa shape index (κ1) is 17.7. The van der Waals surface area contributed by atoms with Crippen LogP contribution < -0.4 is 16.3 Å². The Morgan fingerprint density at radius 1 is 1.00 bits per heavy atom. The van der Waals surface area contributed by atoms with Crippen LogP contribution in [0.4, 0.5) is 0 Å². The van der Waals surface area contributed by atoms with Crippen molar-refractivity contribution in [1.29, 1.82) is 0 Å². The molecular weight excluding hydrogens is 348 g/mol. The molecule has 0 aliphatic rings. The molecule has 0 aliphatic heterocycles. The molecule has 1 aromatic heterocycles. The van der Waals surface area contributed by atoms with E-state index in [9.17, 15) is 0 Å². The van der Waals surface area contributed by atoms with E-state index in [1.165, 1.54) is 10.9 Å². The first-order valence-corrected chi connectivity index (χ1v) is 9.06. The Morgan fingerprint density at radius 2 is 1.82 bits per heavy atom. The van der Waals surface area contributed by atoms with Crippen molar-refractivity contribution in [1.82, 2.24) is 4.98 Å². The molecule has 0 saturated heterocycles. The molecule has 0 saturated carbocycles. The summed E-state index contributed by atoms with van der Waals surface area (Å²) < 4.78 is 5.39. The van der Waals surface area contributed by atoms with Gasteiger partial charge in [0.05, 0.1) is 12.8 Å². The van der Waals surface area contributed by atoms with E-state index < -0.39 is 0 Å². The van der Waals surface area contributed by atoms with Gasteiger partial charge in [0.1, 0.15) is 11.6 Å². The smallest absolute Gasteiger partial charge is 0.150 e. The SMILES string of the molecule is COc1ccc2c(Cc3cccc(/C(N)=N/N)c3)c(-c3ccccc3)[nH]c2c1. The predicted molar refractivity (Wildman–Crippen MR) is 114 cm³/mol. The molecule has 5 heteroatoms. The van der Waals surface area contributed by atoms with E-state index in [-0.39, 0.29) is 0 Å². The van der Waals surface area contributed by atoms with E-state index in [0.717, 1.165) is 40.1 Å². The third-order valence-corrected chi connectivity index (χ3v) is 4.92. The summed E-state index contributed by atoms with van der Waals surface area (Å²) >= 11 is 0. The van der Waals surface area contributed by atoms with Crippen LogP contribution in [-0.2, 0) is 6.42 Å². The summed E-state index contributed by atoms with van der Waals surface area (Å²) in [4.78, 5) is 3.58. The predicted octanol–water partition coefficient (Wildman–Crippen LogP) is 4.01. The molecule has 0 bridgehead atoms. The van der Waals surface area contributed by atoms with Gasteiger partial charge >= 0.3 is 0 Å². The van der Waals surface area contributed by atoms with E-state index in [4.69, 9.17) is 16.3 Å². The molecule has 0 unspecified atom stereocenters. The van der Waals surface area contributed by atoms with Gasteiger partial charge in [0, 0.05) is 29.0 Å².